The maximum atomic E-state index is 12.9. The molecule has 2 fully saturated rings. The van der Waals surface area contributed by atoms with Crippen molar-refractivity contribution < 1.29 is 9.53 Å². The van der Waals surface area contributed by atoms with E-state index in [9.17, 15) is 4.79 Å². The van der Waals surface area contributed by atoms with Gasteiger partial charge >= 0.3 is 0 Å². The number of rotatable bonds is 3. The summed E-state index contributed by atoms with van der Waals surface area (Å²) in [6.07, 6.45) is 5.00. The van der Waals surface area contributed by atoms with Crippen molar-refractivity contribution >= 4 is 17.5 Å². The van der Waals surface area contributed by atoms with Crippen molar-refractivity contribution in [1.29, 1.82) is 0 Å². The zero-order chi connectivity index (χ0) is 16.1. The summed E-state index contributed by atoms with van der Waals surface area (Å²) in [4.78, 5) is 14.9. The first-order valence-electron chi connectivity index (χ1n) is 8.60. The summed E-state index contributed by atoms with van der Waals surface area (Å²) in [7, 11) is 0. The van der Waals surface area contributed by atoms with Crippen LogP contribution in [-0.4, -0.2) is 43.2 Å². The molecule has 2 atom stereocenters. The molecule has 0 spiro atoms. The maximum Gasteiger partial charge on any atom is 0.224 e. The van der Waals surface area contributed by atoms with Crippen molar-refractivity contribution in [2.24, 2.45) is 0 Å². The molecular formula is C18H25ClN2O2. The molecule has 1 N–H and O–H groups in total. The first-order valence-corrected chi connectivity index (χ1v) is 8.98. The Labute approximate surface area is 143 Å². The molecule has 0 saturated carbocycles. The Kier molecular flexibility index (Phi) is 5.92. The summed E-state index contributed by atoms with van der Waals surface area (Å²) in [5, 5.41) is 4.12. The first kappa shape index (κ1) is 16.7. The summed E-state index contributed by atoms with van der Waals surface area (Å²) >= 11 is 6.01. The van der Waals surface area contributed by atoms with Crippen LogP contribution in [0.1, 0.15) is 43.7 Å². The van der Waals surface area contributed by atoms with E-state index in [1.807, 2.05) is 12.1 Å². The number of morpholine rings is 1. The van der Waals surface area contributed by atoms with Crippen LogP contribution in [0.4, 0.5) is 0 Å². The van der Waals surface area contributed by atoms with E-state index in [-0.39, 0.29) is 18.0 Å². The highest BCUT2D eigenvalue weighted by atomic mass is 35.5. The summed E-state index contributed by atoms with van der Waals surface area (Å²) in [5.41, 5.74) is 1.19. The Morgan fingerprint density at radius 3 is 2.83 bits per heavy atom. The van der Waals surface area contributed by atoms with Crippen LogP contribution < -0.4 is 5.32 Å². The summed E-state index contributed by atoms with van der Waals surface area (Å²) in [6.45, 7) is 3.05. The van der Waals surface area contributed by atoms with Crippen molar-refractivity contribution in [2.75, 3.05) is 26.3 Å². The number of amides is 1. The van der Waals surface area contributed by atoms with Gasteiger partial charge in [-0.15, -0.1) is 0 Å². The van der Waals surface area contributed by atoms with Crippen molar-refractivity contribution in [3.8, 4) is 0 Å². The van der Waals surface area contributed by atoms with Gasteiger partial charge in [0.05, 0.1) is 19.3 Å². The molecule has 2 aliphatic rings. The molecule has 1 aromatic carbocycles. The van der Waals surface area contributed by atoms with Crippen LogP contribution in [0.5, 0.6) is 0 Å². The SMILES string of the molecule is O=C(CC1COCCN1)N1CCCCCC1c1ccc(Cl)cc1. The monoisotopic (exact) mass is 336 g/mol. The molecule has 23 heavy (non-hydrogen) atoms. The third kappa shape index (κ3) is 4.46. The topological polar surface area (TPSA) is 41.6 Å². The van der Waals surface area contributed by atoms with Crippen LogP contribution in [0.3, 0.4) is 0 Å². The number of hydrogen-bond donors (Lipinski definition) is 1. The zero-order valence-corrected chi connectivity index (χ0v) is 14.2. The van der Waals surface area contributed by atoms with Gasteiger partial charge in [0.1, 0.15) is 0 Å². The second-order valence-electron chi connectivity index (χ2n) is 6.43. The lowest BCUT2D eigenvalue weighted by atomic mass is 10.00. The van der Waals surface area contributed by atoms with E-state index in [1.165, 1.54) is 18.4 Å². The summed E-state index contributed by atoms with van der Waals surface area (Å²) in [6, 6.07) is 8.26. The Balaban J connectivity index is 1.72. The minimum Gasteiger partial charge on any atom is -0.378 e. The highest BCUT2D eigenvalue weighted by molar-refractivity contribution is 6.30. The Hall–Kier alpha value is -1.10. The molecular weight excluding hydrogens is 312 g/mol. The highest BCUT2D eigenvalue weighted by Gasteiger charge is 2.28. The van der Waals surface area contributed by atoms with Crippen LogP contribution in [0.2, 0.25) is 5.02 Å². The van der Waals surface area contributed by atoms with Gasteiger partial charge in [-0.1, -0.05) is 36.6 Å². The van der Waals surface area contributed by atoms with E-state index >= 15 is 0 Å². The van der Waals surface area contributed by atoms with Crippen LogP contribution in [0.25, 0.3) is 0 Å². The van der Waals surface area contributed by atoms with Gasteiger partial charge < -0.3 is 15.0 Å². The van der Waals surface area contributed by atoms with E-state index in [0.29, 0.717) is 13.0 Å². The predicted molar refractivity (Wildman–Crippen MR) is 91.6 cm³/mol. The largest absolute Gasteiger partial charge is 0.378 e. The predicted octanol–water partition coefficient (Wildman–Crippen LogP) is 3.16. The average molecular weight is 337 g/mol. The van der Waals surface area contributed by atoms with E-state index in [1.54, 1.807) is 0 Å². The Morgan fingerprint density at radius 2 is 2.09 bits per heavy atom. The molecule has 126 valence electrons. The van der Waals surface area contributed by atoms with Gasteiger partial charge in [0, 0.05) is 30.6 Å². The lowest BCUT2D eigenvalue weighted by Crippen LogP contribution is -2.45. The lowest BCUT2D eigenvalue weighted by molar-refractivity contribution is -0.135. The van der Waals surface area contributed by atoms with E-state index in [0.717, 1.165) is 37.6 Å². The van der Waals surface area contributed by atoms with Gasteiger partial charge in [0.15, 0.2) is 0 Å². The standard InChI is InChI=1S/C18H25ClN2O2/c19-15-7-5-14(6-8-15)17-4-2-1-3-10-21(17)18(22)12-16-13-23-11-9-20-16/h5-8,16-17,20H,1-4,9-13H2. The number of likely N-dealkylation sites (tertiary alicyclic amines) is 1. The maximum absolute atomic E-state index is 12.9. The van der Waals surface area contributed by atoms with Crippen molar-refractivity contribution in [3.05, 3.63) is 34.9 Å². The molecule has 4 nitrogen and oxygen atoms in total. The van der Waals surface area contributed by atoms with Gasteiger partial charge in [0.2, 0.25) is 5.91 Å². The number of nitrogens with zero attached hydrogens (tertiary/aromatic N) is 1. The van der Waals surface area contributed by atoms with Crippen LogP contribution in [0.15, 0.2) is 24.3 Å². The number of carbonyl (C=O) groups excluding carboxylic acids is 1. The van der Waals surface area contributed by atoms with Crippen LogP contribution >= 0.6 is 11.6 Å². The number of ether oxygens (including phenoxy) is 1. The van der Waals surface area contributed by atoms with Crippen LogP contribution in [0, 0.1) is 0 Å². The highest BCUT2D eigenvalue weighted by Crippen LogP contribution is 2.31. The number of benzene rings is 1. The molecule has 2 unspecified atom stereocenters. The number of hydrogen-bond acceptors (Lipinski definition) is 3. The molecule has 0 aliphatic carbocycles. The Bertz CT molecular complexity index is 514. The van der Waals surface area contributed by atoms with Gasteiger partial charge in [-0.25, -0.2) is 0 Å². The molecule has 2 saturated heterocycles. The van der Waals surface area contributed by atoms with Crippen LogP contribution in [-0.2, 0) is 9.53 Å². The average Bonchev–Trinajstić information content (AvgIpc) is 2.82. The third-order valence-electron chi connectivity index (χ3n) is 4.75. The fourth-order valence-electron chi connectivity index (χ4n) is 3.52. The smallest absolute Gasteiger partial charge is 0.224 e. The molecule has 1 amide bonds. The minimum absolute atomic E-state index is 0.144. The number of halogens is 1. The second-order valence-corrected chi connectivity index (χ2v) is 6.87. The molecule has 0 aromatic heterocycles. The van der Waals surface area contributed by atoms with E-state index in [4.69, 9.17) is 16.3 Å². The molecule has 1 aromatic rings. The van der Waals surface area contributed by atoms with Crippen molar-refractivity contribution in [2.45, 2.75) is 44.2 Å². The quantitative estimate of drug-likeness (QED) is 0.921. The number of carbonyl (C=O) groups is 1. The zero-order valence-electron chi connectivity index (χ0n) is 13.5. The van der Waals surface area contributed by atoms with Gasteiger partial charge in [-0.05, 0) is 30.5 Å². The number of nitrogens with one attached hydrogen (secondary N) is 1. The van der Waals surface area contributed by atoms with E-state index < -0.39 is 0 Å². The van der Waals surface area contributed by atoms with Gasteiger partial charge in [-0.2, -0.15) is 0 Å². The Morgan fingerprint density at radius 1 is 1.26 bits per heavy atom. The van der Waals surface area contributed by atoms with Gasteiger partial charge in [-0.3, -0.25) is 4.79 Å². The summed E-state index contributed by atoms with van der Waals surface area (Å²) in [5.74, 6) is 0.231. The van der Waals surface area contributed by atoms with Crippen molar-refractivity contribution in [1.82, 2.24) is 10.2 Å². The third-order valence-corrected chi connectivity index (χ3v) is 5.00. The normalized spacial score (nSPS) is 25.9. The summed E-state index contributed by atoms with van der Waals surface area (Å²) < 4.78 is 5.47. The molecule has 0 bridgehead atoms. The molecule has 5 heteroatoms. The minimum atomic E-state index is 0.144. The molecule has 2 aliphatic heterocycles. The van der Waals surface area contributed by atoms with Gasteiger partial charge in [0.25, 0.3) is 0 Å². The fraction of sp³-hybridized carbons (Fsp3) is 0.611. The second kappa shape index (κ2) is 8.13. The van der Waals surface area contributed by atoms with E-state index in [2.05, 4.69) is 22.3 Å². The first-order chi connectivity index (χ1) is 11.2. The molecule has 2 heterocycles. The lowest BCUT2D eigenvalue weighted by Gasteiger charge is -2.33. The molecule has 0 radical (unpaired) electrons. The fourth-order valence-corrected chi connectivity index (χ4v) is 3.64. The van der Waals surface area contributed by atoms with Crippen molar-refractivity contribution in [3.63, 3.8) is 0 Å². The molecule has 3 rings (SSSR count).